The van der Waals surface area contributed by atoms with Crippen LogP contribution in [0.25, 0.3) is 0 Å². The highest BCUT2D eigenvalue weighted by atomic mass is 79.9. The summed E-state index contributed by atoms with van der Waals surface area (Å²) in [7, 11) is -4.07. The van der Waals surface area contributed by atoms with Crippen LogP contribution < -0.4 is 4.72 Å². The Morgan fingerprint density at radius 1 is 0.905 bits per heavy atom. The van der Waals surface area contributed by atoms with Gasteiger partial charge in [0.15, 0.2) is 11.6 Å². The molecule has 0 aliphatic carbocycles. The van der Waals surface area contributed by atoms with E-state index in [1.807, 2.05) is 48.5 Å². The van der Waals surface area contributed by atoms with Crippen molar-refractivity contribution < 1.29 is 57.0 Å². The second-order valence-corrected chi connectivity index (χ2v) is 22.7. The first-order valence-electron chi connectivity index (χ1n) is 23.5. The van der Waals surface area contributed by atoms with Crippen molar-refractivity contribution in [2.24, 2.45) is 41.4 Å². The van der Waals surface area contributed by atoms with Gasteiger partial charge in [-0.25, -0.2) is 8.42 Å². The number of carbonyl (C=O) groups excluding carboxylic acids is 1. The van der Waals surface area contributed by atoms with Crippen LogP contribution in [0.3, 0.4) is 0 Å². The maximum Gasteiger partial charge on any atom is 0.309 e. The molecule has 63 heavy (non-hydrogen) atoms. The summed E-state index contributed by atoms with van der Waals surface area (Å²) in [5.41, 5.74) is -1.86. The summed E-state index contributed by atoms with van der Waals surface area (Å²) < 4.78 is 66.1. The zero-order valence-corrected chi connectivity index (χ0v) is 41.3. The molecule has 5 aliphatic rings. The standard InChI is InChI=1S/C48H74BrNO12S/c1-11-35(44(53)54)37-19-14-27(4)42(59-37)31(8)40(51)30(7)41(52)36(12-2)43-28(5)26-29(6)47(60-43)23-20-38(50-63(56,57)34-17-15-33(49)16-18-34)48(62-47)25-24-45(10,61-48)39-21-22-46(55,13-3)32(9)58-39/h15-18,20,23,27-32,35-40,42-43,50-51,55H,11-14,19,21-22,24-26H2,1-10H3,(H,53,54)/t27-,28-,29+,30-,31-,32-,35+,36?,37+,38+,39+,40+,42+,43-,45-,46+,47-,48-/m0/s1. The van der Waals surface area contributed by atoms with Crippen LogP contribution in [0.1, 0.15) is 133 Å². The number of aliphatic hydroxyl groups is 2. The smallest absolute Gasteiger partial charge is 0.309 e. The fourth-order valence-electron chi connectivity index (χ4n) is 11.5. The van der Waals surface area contributed by atoms with Crippen LogP contribution in [0, 0.1) is 41.4 Å². The van der Waals surface area contributed by atoms with Crippen LogP contribution in [0.4, 0.5) is 0 Å². The molecule has 0 bridgehead atoms. The zero-order valence-electron chi connectivity index (χ0n) is 38.9. The van der Waals surface area contributed by atoms with Gasteiger partial charge in [-0.15, -0.1) is 0 Å². The fraction of sp³-hybridized carbons (Fsp3) is 0.792. The zero-order chi connectivity index (χ0) is 46.4. The van der Waals surface area contributed by atoms with E-state index in [1.165, 1.54) is 12.1 Å². The van der Waals surface area contributed by atoms with E-state index in [9.17, 15) is 33.3 Å². The van der Waals surface area contributed by atoms with Crippen LogP contribution in [0.5, 0.6) is 0 Å². The molecule has 0 aromatic heterocycles. The number of carbonyl (C=O) groups is 2. The average Bonchev–Trinajstić information content (AvgIpc) is 3.58. The van der Waals surface area contributed by atoms with Gasteiger partial charge in [-0.3, -0.25) is 9.59 Å². The number of carboxylic acids is 1. The van der Waals surface area contributed by atoms with Crippen LogP contribution in [0.2, 0.25) is 0 Å². The highest BCUT2D eigenvalue weighted by molar-refractivity contribution is 9.10. The number of rotatable bonds is 15. The second kappa shape index (κ2) is 19.4. The van der Waals surface area contributed by atoms with E-state index in [2.05, 4.69) is 34.5 Å². The molecule has 18 atom stereocenters. The van der Waals surface area contributed by atoms with Gasteiger partial charge in [0.25, 0.3) is 0 Å². The normalized spacial score (nSPS) is 40.9. The summed E-state index contributed by atoms with van der Waals surface area (Å²) in [4.78, 5) is 26.8. The van der Waals surface area contributed by atoms with Gasteiger partial charge in [0.2, 0.25) is 10.0 Å². The Bertz CT molecular complexity index is 1920. The topological polar surface area (TPSA) is 187 Å². The quantitative estimate of drug-likeness (QED) is 0.125. The minimum atomic E-state index is -4.07. The third-order valence-corrected chi connectivity index (χ3v) is 17.9. The number of Topliss-reactive ketones (excluding diaryl/α,β-unsaturated/α-hetero) is 1. The summed E-state index contributed by atoms with van der Waals surface area (Å²) in [6.07, 6.45) is 5.49. The van der Waals surface area contributed by atoms with Crippen LogP contribution in [-0.4, -0.2) is 101 Å². The van der Waals surface area contributed by atoms with Gasteiger partial charge >= 0.3 is 5.97 Å². The Balaban J connectivity index is 1.27. The molecule has 13 nitrogen and oxygen atoms in total. The number of nitrogens with one attached hydrogen (secondary N) is 1. The van der Waals surface area contributed by atoms with E-state index >= 15 is 0 Å². The molecule has 4 saturated heterocycles. The molecule has 1 aromatic carbocycles. The Labute approximate surface area is 383 Å². The molecule has 0 radical (unpaired) electrons. The van der Waals surface area contributed by atoms with Crippen molar-refractivity contribution in [3.63, 3.8) is 0 Å². The SMILES string of the molecule is CCC(C(=O)[C@@H](C)[C@@H](O)[C@H](C)[C@@H]1O[C@@H]([C@@H](CC)C(=O)O)CC[C@@H]1C)[C@H]1O[C@]2(C=C[C@@H](NS(=O)(=O)c3ccc(Br)cc3)[C@]3(CC[C@@](C)([C@H]4CC[C@](O)(CC)[C@H](C)O4)O3)O2)[C@H](C)C[C@@H]1C. The minimum absolute atomic E-state index is 0.0718. The van der Waals surface area contributed by atoms with Gasteiger partial charge in [0.05, 0.1) is 64.7 Å². The largest absolute Gasteiger partial charge is 0.481 e. The van der Waals surface area contributed by atoms with Gasteiger partial charge in [-0.05, 0) is 114 Å². The lowest BCUT2D eigenvalue weighted by molar-refractivity contribution is -0.397. The van der Waals surface area contributed by atoms with Crippen LogP contribution in [-0.2, 0) is 43.3 Å². The monoisotopic (exact) mass is 967 g/mol. The van der Waals surface area contributed by atoms with Crippen molar-refractivity contribution in [1.82, 2.24) is 4.72 Å². The number of aliphatic hydroxyl groups excluding tert-OH is 1. The lowest BCUT2D eigenvalue weighted by atomic mass is 9.72. The highest BCUT2D eigenvalue weighted by Gasteiger charge is 2.64. The van der Waals surface area contributed by atoms with Crippen molar-refractivity contribution >= 4 is 37.7 Å². The predicted molar refractivity (Wildman–Crippen MR) is 241 cm³/mol. The Morgan fingerprint density at radius 2 is 1.57 bits per heavy atom. The van der Waals surface area contributed by atoms with Gasteiger partial charge < -0.3 is 39.0 Å². The lowest BCUT2D eigenvalue weighted by Crippen LogP contribution is -2.65. The molecule has 356 valence electrons. The number of ketones is 1. The fourth-order valence-corrected chi connectivity index (χ4v) is 13.0. The molecule has 5 aliphatic heterocycles. The predicted octanol–water partition coefficient (Wildman–Crippen LogP) is 7.94. The maximum absolute atomic E-state index is 14.7. The molecule has 6 rings (SSSR count). The number of carboxylic acid groups (broad SMARTS) is 1. The van der Waals surface area contributed by atoms with E-state index in [-0.39, 0.29) is 28.4 Å². The molecular weight excluding hydrogens is 894 g/mol. The Morgan fingerprint density at radius 3 is 2.17 bits per heavy atom. The number of benzene rings is 1. The first-order valence-corrected chi connectivity index (χ1v) is 25.8. The Hall–Kier alpha value is -1.79. The second-order valence-electron chi connectivity index (χ2n) is 20.0. The molecule has 0 saturated carbocycles. The number of sulfonamides is 1. The van der Waals surface area contributed by atoms with Crippen LogP contribution in [0.15, 0.2) is 45.8 Å². The molecule has 1 aromatic rings. The molecule has 5 heterocycles. The van der Waals surface area contributed by atoms with E-state index < -0.39 is 105 Å². The van der Waals surface area contributed by atoms with E-state index in [4.69, 9.17) is 23.7 Å². The number of hydrogen-bond acceptors (Lipinski definition) is 11. The van der Waals surface area contributed by atoms with Crippen molar-refractivity contribution in [1.29, 1.82) is 0 Å². The number of aliphatic carboxylic acids is 1. The van der Waals surface area contributed by atoms with Gasteiger partial charge in [-0.2, -0.15) is 4.72 Å². The molecule has 4 fully saturated rings. The van der Waals surface area contributed by atoms with Crippen LogP contribution >= 0.6 is 15.9 Å². The van der Waals surface area contributed by atoms with E-state index in [0.717, 1.165) is 10.9 Å². The molecular formula is C48H74BrNO12S. The summed E-state index contributed by atoms with van der Waals surface area (Å²) in [6, 6.07) is 5.43. The summed E-state index contributed by atoms with van der Waals surface area (Å²) in [6.45, 7) is 19.4. The number of ether oxygens (including phenoxy) is 5. The van der Waals surface area contributed by atoms with E-state index in [1.54, 1.807) is 31.2 Å². The Kier molecular flexibility index (Phi) is 15.6. The molecule has 4 N–H and O–H groups in total. The molecule has 15 heteroatoms. The molecule has 0 amide bonds. The van der Waals surface area contributed by atoms with Gasteiger partial charge in [-0.1, -0.05) is 77.4 Å². The number of hydrogen-bond donors (Lipinski definition) is 4. The summed E-state index contributed by atoms with van der Waals surface area (Å²) in [5.74, 6) is -6.65. The van der Waals surface area contributed by atoms with Crippen molar-refractivity contribution in [3.8, 4) is 0 Å². The van der Waals surface area contributed by atoms with Gasteiger partial charge in [0, 0.05) is 34.6 Å². The third-order valence-electron chi connectivity index (χ3n) is 15.9. The molecule has 1 unspecified atom stereocenters. The van der Waals surface area contributed by atoms with Crippen molar-refractivity contribution in [2.45, 2.75) is 204 Å². The first kappa shape index (κ1) is 50.6. The summed E-state index contributed by atoms with van der Waals surface area (Å²) >= 11 is 3.39. The van der Waals surface area contributed by atoms with Crippen molar-refractivity contribution in [3.05, 3.63) is 40.9 Å². The maximum atomic E-state index is 14.7. The first-order chi connectivity index (χ1) is 29.5. The minimum Gasteiger partial charge on any atom is -0.481 e. The molecule has 2 spiro atoms. The van der Waals surface area contributed by atoms with Crippen molar-refractivity contribution in [2.75, 3.05) is 0 Å². The highest BCUT2D eigenvalue weighted by Crippen LogP contribution is 2.54. The lowest BCUT2D eigenvalue weighted by Gasteiger charge is -2.55. The average molecular weight is 969 g/mol. The third kappa shape index (κ3) is 9.95. The number of halogens is 1. The van der Waals surface area contributed by atoms with Gasteiger partial charge in [0.1, 0.15) is 5.78 Å². The summed E-state index contributed by atoms with van der Waals surface area (Å²) in [5, 5.41) is 33.0. The van der Waals surface area contributed by atoms with E-state index in [0.29, 0.717) is 57.8 Å².